The fourth-order valence-corrected chi connectivity index (χ4v) is 1.54. The lowest BCUT2D eigenvalue weighted by atomic mass is 10.3. The van der Waals surface area contributed by atoms with E-state index in [2.05, 4.69) is 20.8 Å². The van der Waals surface area contributed by atoms with Crippen LogP contribution in [-0.2, 0) is 11.3 Å². The number of aryl methyl sites for hydroxylation is 1. The molecule has 0 unspecified atom stereocenters. The van der Waals surface area contributed by atoms with Crippen molar-refractivity contribution in [2.45, 2.75) is 13.5 Å². The second-order valence-corrected chi connectivity index (χ2v) is 3.51. The van der Waals surface area contributed by atoms with Crippen molar-refractivity contribution in [3.8, 4) is 0 Å². The van der Waals surface area contributed by atoms with Gasteiger partial charge in [-0.25, -0.2) is 4.68 Å². The Balaban J connectivity index is 1.94. The highest BCUT2D eigenvalue weighted by Crippen LogP contribution is 1.97. The fraction of sp³-hybridized carbons (Fsp3) is 0.750. The SMILES string of the molecule is Cc1nnnn1CC(=O)N1CCNCC1. The molecule has 0 spiro atoms. The van der Waals surface area contributed by atoms with Crippen molar-refractivity contribution in [1.29, 1.82) is 0 Å². The molecule has 1 aromatic heterocycles. The highest BCUT2D eigenvalue weighted by atomic mass is 16.2. The predicted molar refractivity (Wildman–Crippen MR) is 52.0 cm³/mol. The van der Waals surface area contributed by atoms with Crippen molar-refractivity contribution < 1.29 is 4.79 Å². The van der Waals surface area contributed by atoms with Gasteiger partial charge in [0.1, 0.15) is 12.4 Å². The third kappa shape index (κ3) is 2.30. The number of amides is 1. The number of carbonyl (C=O) groups excluding carboxylic acids is 1. The van der Waals surface area contributed by atoms with Crippen molar-refractivity contribution in [3.05, 3.63) is 5.82 Å². The predicted octanol–water partition coefficient (Wildman–Crippen LogP) is -1.59. The van der Waals surface area contributed by atoms with Gasteiger partial charge >= 0.3 is 0 Å². The fourth-order valence-electron chi connectivity index (χ4n) is 1.54. The van der Waals surface area contributed by atoms with E-state index in [9.17, 15) is 4.79 Å². The number of carbonyl (C=O) groups is 1. The van der Waals surface area contributed by atoms with Crippen molar-refractivity contribution in [2.24, 2.45) is 0 Å². The number of aromatic nitrogens is 4. The molecule has 0 atom stereocenters. The van der Waals surface area contributed by atoms with Crippen LogP contribution in [0.25, 0.3) is 0 Å². The maximum Gasteiger partial charge on any atom is 0.244 e. The zero-order valence-electron chi connectivity index (χ0n) is 8.68. The van der Waals surface area contributed by atoms with Gasteiger partial charge in [-0.15, -0.1) is 5.10 Å². The summed E-state index contributed by atoms with van der Waals surface area (Å²) in [6.45, 7) is 5.27. The number of hydrogen-bond donors (Lipinski definition) is 1. The van der Waals surface area contributed by atoms with Crippen LogP contribution in [0.15, 0.2) is 0 Å². The standard InChI is InChI=1S/C8H14N6O/c1-7-10-11-12-14(7)6-8(15)13-4-2-9-3-5-13/h9H,2-6H2,1H3. The first-order valence-corrected chi connectivity index (χ1v) is 4.98. The molecule has 7 heteroatoms. The van der Waals surface area contributed by atoms with E-state index in [1.165, 1.54) is 4.68 Å². The van der Waals surface area contributed by atoms with E-state index in [0.717, 1.165) is 26.2 Å². The summed E-state index contributed by atoms with van der Waals surface area (Å²) < 4.78 is 1.52. The van der Waals surface area contributed by atoms with Crippen molar-refractivity contribution in [1.82, 2.24) is 30.4 Å². The lowest BCUT2D eigenvalue weighted by Crippen LogP contribution is -2.47. The third-order valence-electron chi connectivity index (χ3n) is 2.47. The van der Waals surface area contributed by atoms with Gasteiger partial charge < -0.3 is 10.2 Å². The average Bonchev–Trinajstić information content (AvgIpc) is 2.66. The highest BCUT2D eigenvalue weighted by molar-refractivity contribution is 5.76. The highest BCUT2D eigenvalue weighted by Gasteiger charge is 2.17. The summed E-state index contributed by atoms with van der Waals surface area (Å²) in [7, 11) is 0. The summed E-state index contributed by atoms with van der Waals surface area (Å²) >= 11 is 0. The van der Waals surface area contributed by atoms with E-state index in [0.29, 0.717) is 5.82 Å². The molecular weight excluding hydrogens is 196 g/mol. The van der Waals surface area contributed by atoms with Crippen LogP contribution in [0.4, 0.5) is 0 Å². The number of rotatable bonds is 2. The van der Waals surface area contributed by atoms with Gasteiger partial charge in [-0.1, -0.05) is 0 Å². The maximum absolute atomic E-state index is 11.8. The van der Waals surface area contributed by atoms with E-state index in [1.807, 2.05) is 4.90 Å². The zero-order chi connectivity index (χ0) is 10.7. The molecule has 82 valence electrons. The first-order chi connectivity index (χ1) is 7.27. The third-order valence-corrected chi connectivity index (χ3v) is 2.47. The molecule has 0 radical (unpaired) electrons. The Morgan fingerprint density at radius 1 is 1.47 bits per heavy atom. The van der Waals surface area contributed by atoms with Gasteiger partial charge in [-0.3, -0.25) is 4.79 Å². The molecule has 0 aromatic carbocycles. The maximum atomic E-state index is 11.8. The monoisotopic (exact) mass is 210 g/mol. The Hall–Kier alpha value is -1.50. The molecule has 2 rings (SSSR count). The van der Waals surface area contributed by atoms with E-state index in [-0.39, 0.29) is 12.5 Å². The Labute approximate surface area is 87.4 Å². The molecule has 15 heavy (non-hydrogen) atoms. The molecule has 1 aliphatic rings. The van der Waals surface area contributed by atoms with Crippen LogP contribution in [0, 0.1) is 6.92 Å². The Morgan fingerprint density at radius 3 is 2.80 bits per heavy atom. The zero-order valence-corrected chi connectivity index (χ0v) is 8.68. The minimum absolute atomic E-state index is 0.0758. The van der Waals surface area contributed by atoms with E-state index < -0.39 is 0 Å². The molecule has 0 bridgehead atoms. The summed E-state index contributed by atoms with van der Waals surface area (Å²) in [5, 5.41) is 14.2. The number of nitrogens with zero attached hydrogens (tertiary/aromatic N) is 5. The van der Waals surface area contributed by atoms with Gasteiger partial charge in [0.05, 0.1) is 0 Å². The normalized spacial score (nSPS) is 16.7. The molecule has 2 heterocycles. The number of hydrogen-bond acceptors (Lipinski definition) is 5. The second-order valence-electron chi connectivity index (χ2n) is 3.51. The van der Waals surface area contributed by atoms with Crippen molar-refractivity contribution >= 4 is 5.91 Å². The van der Waals surface area contributed by atoms with E-state index in [1.54, 1.807) is 6.92 Å². The molecule has 1 amide bonds. The minimum atomic E-state index is 0.0758. The lowest BCUT2D eigenvalue weighted by molar-refractivity contribution is -0.132. The van der Waals surface area contributed by atoms with Crippen LogP contribution in [0.5, 0.6) is 0 Å². The van der Waals surface area contributed by atoms with Crippen LogP contribution >= 0.6 is 0 Å². The second kappa shape index (κ2) is 4.35. The number of nitrogens with one attached hydrogen (secondary N) is 1. The Morgan fingerprint density at radius 2 is 2.20 bits per heavy atom. The average molecular weight is 210 g/mol. The van der Waals surface area contributed by atoms with Crippen LogP contribution < -0.4 is 5.32 Å². The van der Waals surface area contributed by atoms with E-state index in [4.69, 9.17) is 0 Å². The van der Waals surface area contributed by atoms with Crippen molar-refractivity contribution in [2.75, 3.05) is 26.2 Å². The van der Waals surface area contributed by atoms with Gasteiger partial charge in [0.15, 0.2) is 0 Å². The summed E-state index contributed by atoms with van der Waals surface area (Å²) in [6, 6.07) is 0. The Bertz CT molecular complexity index is 343. The molecule has 1 N–H and O–H groups in total. The van der Waals surface area contributed by atoms with Crippen LogP contribution in [0.2, 0.25) is 0 Å². The quantitative estimate of drug-likeness (QED) is 0.637. The van der Waals surface area contributed by atoms with Crippen molar-refractivity contribution in [3.63, 3.8) is 0 Å². The Kier molecular flexibility index (Phi) is 2.91. The summed E-state index contributed by atoms with van der Waals surface area (Å²) in [6.07, 6.45) is 0. The van der Waals surface area contributed by atoms with E-state index >= 15 is 0 Å². The molecule has 7 nitrogen and oxygen atoms in total. The molecular formula is C8H14N6O. The number of tetrazole rings is 1. The largest absolute Gasteiger partial charge is 0.339 e. The van der Waals surface area contributed by atoms with Gasteiger partial charge in [0, 0.05) is 26.2 Å². The van der Waals surface area contributed by atoms with Crippen LogP contribution in [0.1, 0.15) is 5.82 Å². The first-order valence-electron chi connectivity index (χ1n) is 4.98. The summed E-state index contributed by atoms with van der Waals surface area (Å²) in [4.78, 5) is 13.6. The molecule has 1 aromatic rings. The van der Waals surface area contributed by atoms with Gasteiger partial charge in [0.2, 0.25) is 5.91 Å². The summed E-state index contributed by atoms with van der Waals surface area (Å²) in [5.41, 5.74) is 0. The lowest BCUT2D eigenvalue weighted by Gasteiger charge is -2.27. The number of piperazine rings is 1. The van der Waals surface area contributed by atoms with Gasteiger partial charge in [-0.2, -0.15) is 0 Å². The van der Waals surface area contributed by atoms with Gasteiger partial charge in [-0.05, 0) is 17.4 Å². The first kappa shape index (κ1) is 10.0. The van der Waals surface area contributed by atoms with Crippen LogP contribution in [0.3, 0.4) is 0 Å². The smallest absolute Gasteiger partial charge is 0.244 e. The minimum Gasteiger partial charge on any atom is -0.339 e. The summed E-state index contributed by atoms with van der Waals surface area (Å²) in [5.74, 6) is 0.741. The molecule has 1 aliphatic heterocycles. The molecule has 1 fully saturated rings. The van der Waals surface area contributed by atoms with Crippen LogP contribution in [-0.4, -0.2) is 57.2 Å². The van der Waals surface area contributed by atoms with Gasteiger partial charge in [0.25, 0.3) is 0 Å². The molecule has 0 saturated carbocycles. The molecule has 1 saturated heterocycles. The molecule has 0 aliphatic carbocycles. The topological polar surface area (TPSA) is 75.9 Å².